The van der Waals surface area contributed by atoms with Gasteiger partial charge in [0, 0.05) is 30.2 Å². The summed E-state index contributed by atoms with van der Waals surface area (Å²) in [7, 11) is 0. The molecule has 0 spiro atoms. The van der Waals surface area contributed by atoms with Crippen LogP contribution in [0.4, 0.5) is 4.39 Å². The van der Waals surface area contributed by atoms with Crippen molar-refractivity contribution in [3.8, 4) is 0 Å². The number of aromatic nitrogens is 1. The van der Waals surface area contributed by atoms with Crippen LogP contribution >= 0.6 is 0 Å². The van der Waals surface area contributed by atoms with Crippen molar-refractivity contribution < 1.29 is 9.18 Å². The van der Waals surface area contributed by atoms with E-state index in [1.165, 1.54) is 17.7 Å². The molecule has 0 atom stereocenters. The molecular weight excluding hydrogens is 327 g/mol. The van der Waals surface area contributed by atoms with E-state index in [0.717, 1.165) is 48.8 Å². The van der Waals surface area contributed by atoms with Crippen LogP contribution < -0.4 is 0 Å². The highest BCUT2D eigenvalue weighted by Gasteiger charge is 2.23. The standard InChI is InChI=1S/C22H23FN2O/c23-19-6-7-20-18(15-24-21(20)14-19)13-22(26)25-10-8-17(9-11-25)12-16-4-2-1-3-5-16/h1-7,14-15,17,24H,8-13H2. The van der Waals surface area contributed by atoms with E-state index in [0.29, 0.717) is 12.3 Å². The quantitative estimate of drug-likeness (QED) is 0.747. The van der Waals surface area contributed by atoms with Gasteiger partial charge < -0.3 is 9.88 Å². The summed E-state index contributed by atoms with van der Waals surface area (Å²) < 4.78 is 13.3. The normalized spacial score (nSPS) is 15.5. The first-order valence-electron chi connectivity index (χ1n) is 9.26. The van der Waals surface area contributed by atoms with Crippen LogP contribution in [-0.2, 0) is 17.6 Å². The number of piperidine rings is 1. The van der Waals surface area contributed by atoms with Crippen molar-refractivity contribution in [2.24, 2.45) is 5.92 Å². The van der Waals surface area contributed by atoms with E-state index in [9.17, 15) is 9.18 Å². The lowest BCUT2D eigenvalue weighted by atomic mass is 9.90. The van der Waals surface area contributed by atoms with E-state index < -0.39 is 0 Å². The Bertz CT molecular complexity index is 895. The van der Waals surface area contributed by atoms with Crippen LogP contribution in [0.2, 0.25) is 0 Å². The number of benzene rings is 2. The maximum atomic E-state index is 13.3. The average Bonchev–Trinajstić information content (AvgIpc) is 3.05. The fourth-order valence-electron chi connectivity index (χ4n) is 3.91. The third kappa shape index (κ3) is 3.64. The van der Waals surface area contributed by atoms with Gasteiger partial charge in [0.2, 0.25) is 5.91 Å². The van der Waals surface area contributed by atoms with Crippen molar-refractivity contribution in [1.82, 2.24) is 9.88 Å². The lowest BCUT2D eigenvalue weighted by Gasteiger charge is -2.32. The first-order valence-corrected chi connectivity index (χ1v) is 9.26. The Morgan fingerprint density at radius 3 is 2.65 bits per heavy atom. The monoisotopic (exact) mass is 350 g/mol. The number of amides is 1. The van der Waals surface area contributed by atoms with Gasteiger partial charge in [-0.3, -0.25) is 4.79 Å². The Hall–Kier alpha value is -2.62. The predicted octanol–water partition coefficient (Wildman–Crippen LogP) is 4.33. The number of fused-ring (bicyclic) bond motifs is 1. The van der Waals surface area contributed by atoms with Crippen molar-refractivity contribution in [1.29, 1.82) is 0 Å². The van der Waals surface area contributed by atoms with Crippen molar-refractivity contribution in [3.63, 3.8) is 0 Å². The zero-order valence-electron chi connectivity index (χ0n) is 14.7. The largest absolute Gasteiger partial charge is 0.361 e. The van der Waals surface area contributed by atoms with Gasteiger partial charge in [-0.05, 0) is 54.5 Å². The Morgan fingerprint density at radius 2 is 1.88 bits per heavy atom. The van der Waals surface area contributed by atoms with Gasteiger partial charge in [-0.25, -0.2) is 4.39 Å². The number of hydrogen-bond donors (Lipinski definition) is 1. The van der Waals surface area contributed by atoms with Crippen LogP contribution in [0.3, 0.4) is 0 Å². The first-order chi connectivity index (χ1) is 12.7. The highest BCUT2D eigenvalue weighted by Crippen LogP contribution is 2.24. The van der Waals surface area contributed by atoms with Gasteiger partial charge in [0.15, 0.2) is 0 Å². The number of carbonyl (C=O) groups excluding carboxylic acids is 1. The molecule has 0 radical (unpaired) electrons. The summed E-state index contributed by atoms with van der Waals surface area (Å²) in [6, 6.07) is 15.2. The molecule has 0 bridgehead atoms. The molecule has 1 aliphatic heterocycles. The van der Waals surface area contributed by atoms with Gasteiger partial charge in [0.1, 0.15) is 5.82 Å². The molecule has 1 amide bonds. The van der Waals surface area contributed by atoms with Crippen molar-refractivity contribution in [3.05, 3.63) is 71.7 Å². The summed E-state index contributed by atoms with van der Waals surface area (Å²) in [5.41, 5.74) is 3.06. The zero-order valence-corrected chi connectivity index (χ0v) is 14.7. The molecule has 2 heterocycles. The van der Waals surface area contributed by atoms with E-state index in [2.05, 4.69) is 29.2 Å². The molecule has 1 N–H and O–H groups in total. The highest BCUT2D eigenvalue weighted by molar-refractivity contribution is 5.89. The molecule has 2 aromatic carbocycles. The Morgan fingerprint density at radius 1 is 1.12 bits per heavy atom. The number of likely N-dealkylation sites (tertiary alicyclic amines) is 1. The highest BCUT2D eigenvalue weighted by atomic mass is 19.1. The third-order valence-corrected chi connectivity index (χ3v) is 5.41. The molecule has 134 valence electrons. The Balaban J connectivity index is 1.34. The van der Waals surface area contributed by atoms with Gasteiger partial charge in [0.05, 0.1) is 6.42 Å². The number of H-pyrrole nitrogens is 1. The molecular formula is C22H23FN2O. The summed E-state index contributed by atoms with van der Waals surface area (Å²) in [6.07, 6.45) is 5.40. The zero-order chi connectivity index (χ0) is 17.9. The molecule has 1 aromatic heterocycles. The van der Waals surface area contributed by atoms with E-state index in [1.54, 1.807) is 6.07 Å². The second-order valence-corrected chi connectivity index (χ2v) is 7.19. The predicted molar refractivity (Wildman–Crippen MR) is 101 cm³/mol. The topological polar surface area (TPSA) is 36.1 Å². The van der Waals surface area contributed by atoms with Crippen LogP contribution in [-0.4, -0.2) is 28.9 Å². The Kier molecular flexibility index (Phi) is 4.74. The second kappa shape index (κ2) is 7.32. The fourth-order valence-corrected chi connectivity index (χ4v) is 3.91. The van der Waals surface area contributed by atoms with Crippen LogP contribution in [0.5, 0.6) is 0 Å². The van der Waals surface area contributed by atoms with Crippen LogP contribution in [0, 0.1) is 11.7 Å². The minimum atomic E-state index is -0.266. The summed E-state index contributed by atoms with van der Waals surface area (Å²) in [4.78, 5) is 17.7. The van der Waals surface area contributed by atoms with E-state index in [4.69, 9.17) is 0 Å². The molecule has 4 heteroatoms. The molecule has 1 saturated heterocycles. The maximum Gasteiger partial charge on any atom is 0.227 e. The summed E-state index contributed by atoms with van der Waals surface area (Å²) >= 11 is 0. The van der Waals surface area contributed by atoms with Gasteiger partial charge in [-0.15, -0.1) is 0 Å². The third-order valence-electron chi connectivity index (χ3n) is 5.41. The van der Waals surface area contributed by atoms with Crippen molar-refractivity contribution in [2.45, 2.75) is 25.7 Å². The lowest BCUT2D eigenvalue weighted by Crippen LogP contribution is -2.39. The number of rotatable bonds is 4. The molecule has 3 nitrogen and oxygen atoms in total. The van der Waals surface area contributed by atoms with Crippen LogP contribution in [0.15, 0.2) is 54.7 Å². The molecule has 1 aliphatic rings. The lowest BCUT2D eigenvalue weighted by molar-refractivity contribution is -0.131. The van der Waals surface area contributed by atoms with Gasteiger partial charge in [-0.2, -0.15) is 0 Å². The summed E-state index contributed by atoms with van der Waals surface area (Å²) in [5, 5.41) is 0.929. The fraction of sp³-hybridized carbons (Fsp3) is 0.318. The van der Waals surface area contributed by atoms with E-state index >= 15 is 0 Å². The molecule has 0 saturated carbocycles. The van der Waals surface area contributed by atoms with E-state index in [1.807, 2.05) is 17.2 Å². The summed E-state index contributed by atoms with van der Waals surface area (Å²) in [6.45, 7) is 1.65. The number of aromatic amines is 1. The molecule has 0 unspecified atom stereocenters. The smallest absolute Gasteiger partial charge is 0.227 e. The number of halogens is 1. The minimum absolute atomic E-state index is 0.161. The Labute approximate surface area is 152 Å². The molecule has 26 heavy (non-hydrogen) atoms. The number of nitrogens with one attached hydrogen (secondary N) is 1. The van der Waals surface area contributed by atoms with Gasteiger partial charge in [0.25, 0.3) is 0 Å². The van der Waals surface area contributed by atoms with Crippen LogP contribution in [0.1, 0.15) is 24.0 Å². The van der Waals surface area contributed by atoms with Crippen molar-refractivity contribution in [2.75, 3.05) is 13.1 Å². The maximum absolute atomic E-state index is 13.3. The van der Waals surface area contributed by atoms with E-state index in [-0.39, 0.29) is 11.7 Å². The molecule has 1 fully saturated rings. The number of nitrogens with zero attached hydrogens (tertiary/aromatic N) is 1. The minimum Gasteiger partial charge on any atom is -0.361 e. The number of hydrogen-bond acceptors (Lipinski definition) is 1. The van der Waals surface area contributed by atoms with Crippen LogP contribution in [0.25, 0.3) is 10.9 Å². The molecule has 4 rings (SSSR count). The summed E-state index contributed by atoms with van der Waals surface area (Å²) in [5.74, 6) is 0.545. The number of carbonyl (C=O) groups is 1. The first kappa shape index (κ1) is 16.8. The van der Waals surface area contributed by atoms with Gasteiger partial charge >= 0.3 is 0 Å². The van der Waals surface area contributed by atoms with Crippen molar-refractivity contribution >= 4 is 16.8 Å². The second-order valence-electron chi connectivity index (χ2n) is 7.19. The molecule has 3 aromatic rings. The van der Waals surface area contributed by atoms with Gasteiger partial charge in [-0.1, -0.05) is 30.3 Å². The average molecular weight is 350 g/mol. The SMILES string of the molecule is O=C(Cc1c[nH]c2cc(F)ccc12)N1CCC(Cc2ccccc2)CC1. The molecule has 0 aliphatic carbocycles.